The van der Waals surface area contributed by atoms with Crippen molar-refractivity contribution in [3.05, 3.63) is 59.9 Å². The number of oxime groups is 1. The molecular weight excluding hydrogens is 252 g/mol. The lowest BCUT2D eigenvalue weighted by Crippen LogP contribution is -2.02. The smallest absolute Gasteiger partial charge is 0.119 e. The van der Waals surface area contributed by atoms with Gasteiger partial charge < -0.3 is 9.94 Å². The van der Waals surface area contributed by atoms with Gasteiger partial charge in [0.25, 0.3) is 0 Å². The van der Waals surface area contributed by atoms with Crippen molar-refractivity contribution in [3.8, 4) is 5.75 Å². The summed E-state index contributed by atoms with van der Waals surface area (Å²) in [7, 11) is 0. The van der Waals surface area contributed by atoms with Gasteiger partial charge in [-0.3, -0.25) is 4.98 Å². The first-order valence-electron chi connectivity index (χ1n) is 6.66. The molecule has 1 N–H and O–H groups in total. The molecule has 2 aromatic rings. The Morgan fingerprint density at radius 2 is 1.85 bits per heavy atom. The summed E-state index contributed by atoms with van der Waals surface area (Å²) in [5, 5.41) is 12.1. The maximum Gasteiger partial charge on any atom is 0.119 e. The summed E-state index contributed by atoms with van der Waals surface area (Å²) in [6.07, 6.45) is 5.11. The van der Waals surface area contributed by atoms with Crippen molar-refractivity contribution >= 4 is 5.71 Å². The van der Waals surface area contributed by atoms with E-state index < -0.39 is 0 Å². The van der Waals surface area contributed by atoms with E-state index in [1.54, 1.807) is 12.4 Å². The Kier molecular flexibility index (Phi) is 5.12. The summed E-state index contributed by atoms with van der Waals surface area (Å²) >= 11 is 0. The van der Waals surface area contributed by atoms with Crippen molar-refractivity contribution in [1.29, 1.82) is 0 Å². The van der Waals surface area contributed by atoms with Crippen molar-refractivity contribution in [1.82, 2.24) is 4.98 Å². The van der Waals surface area contributed by atoms with Gasteiger partial charge in [0.15, 0.2) is 0 Å². The lowest BCUT2D eigenvalue weighted by Gasteiger charge is -2.07. The average Bonchev–Trinajstić information content (AvgIpc) is 2.51. The molecule has 0 atom stereocenters. The Balaban J connectivity index is 1.88. The van der Waals surface area contributed by atoms with Crippen molar-refractivity contribution in [2.75, 3.05) is 6.61 Å². The molecule has 0 amide bonds. The number of hydrogen-bond acceptors (Lipinski definition) is 4. The van der Waals surface area contributed by atoms with Crippen LogP contribution in [0.3, 0.4) is 0 Å². The van der Waals surface area contributed by atoms with Crippen LogP contribution in [0.2, 0.25) is 0 Å². The molecule has 2 rings (SSSR count). The van der Waals surface area contributed by atoms with Crippen LogP contribution in [0.1, 0.15) is 24.5 Å². The summed E-state index contributed by atoms with van der Waals surface area (Å²) < 4.78 is 5.69. The molecule has 0 aliphatic carbocycles. The first kappa shape index (κ1) is 14.1. The fourth-order valence-corrected chi connectivity index (χ4v) is 1.91. The van der Waals surface area contributed by atoms with Crippen molar-refractivity contribution in [2.45, 2.75) is 19.8 Å². The van der Waals surface area contributed by atoms with E-state index in [1.165, 1.54) is 5.56 Å². The lowest BCUT2D eigenvalue weighted by molar-refractivity contribution is 0.318. The SMILES string of the molecule is CC/C(=N\O)c1ccc(OCCc2ccncc2)cc1. The van der Waals surface area contributed by atoms with Crippen LogP contribution in [0.25, 0.3) is 0 Å². The zero-order valence-corrected chi connectivity index (χ0v) is 11.5. The second-order valence-corrected chi connectivity index (χ2v) is 4.38. The summed E-state index contributed by atoms with van der Waals surface area (Å²) in [6, 6.07) is 11.6. The number of benzene rings is 1. The highest BCUT2D eigenvalue weighted by Gasteiger charge is 2.02. The fraction of sp³-hybridized carbons (Fsp3) is 0.250. The number of nitrogens with zero attached hydrogens (tertiary/aromatic N) is 2. The van der Waals surface area contributed by atoms with E-state index in [4.69, 9.17) is 9.94 Å². The molecule has 1 aromatic heterocycles. The molecule has 1 aromatic carbocycles. The van der Waals surface area contributed by atoms with Crippen LogP contribution in [0.15, 0.2) is 53.9 Å². The van der Waals surface area contributed by atoms with E-state index in [0.717, 1.165) is 17.7 Å². The third kappa shape index (κ3) is 3.82. The van der Waals surface area contributed by atoms with Gasteiger partial charge in [0.05, 0.1) is 12.3 Å². The maximum absolute atomic E-state index is 8.87. The van der Waals surface area contributed by atoms with Gasteiger partial charge >= 0.3 is 0 Å². The predicted molar refractivity (Wildman–Crippen MR) is 78.5 cm³/mol. The Morgan fingerprint density at radius 3 is 2.45 bits per heavy atom. The van der Waals surface area contributed by atoms with Crippen molar-refractivity contribution in [2.24, 2.45) is 5.16 Å². The second-order valence-electron chi connectivity index (χ2n) is 4.38. The number of aromatic nitrogens is 1. The van der Waals surface area contributed by atoms with E-state index in [2.05, 4.69) is 10.1 Å². The summed E-state index contributed by atoms with van der Waals surface area (Å²) in [4.78, 5) is 3.98. The van der Waals surface area contributed by atoms with Gasteiger partial charge in [0.1, 0.15) is 5.75 Å². The van der Waals surface area contributed by atoms with Crippen molar-refractivity contribution < 1.29 is 9.94 Å². The first-order valence-corrected chi connectivity index (χ1v) is 6.66. The molecule has 104 valence electrons. The topological polar surface area (TPSA) is 54.7 Å². The quantitative estimate of drug-likeness (QED) is 0.498. The largest absolute Gasteiger partial charge is 0.493 e. The summed E-state index contributed by atoms with van der Waals surface area (Å²) in [5.41, 5.74) is 2.79. The molecule has 0 radical (unpaired) electrons. The van der Waals surface area contributed by atoms with Crippen LogP contribution in [-0.4, -0.2) is 22.5 Å². The minimum Gasteiger partial charge on any atom is -0.493 e. The standard InChI is InChI=1S/C16H18N2O2/c1-2-16(18-19)14-3-5-15(6-4-14)20-12-9-13-7-10-17-11-8-13/h3-8,10-11,19H,2,9,12H2,1H3/b18-16+. The highest BCUT2D eigenvalue weighted by atomic mass is 16.5. The molecular formula is C16H18N2O2. The minimum atomic E-state index is 0.623. The summed E-state index contributed by atoms with van der Waals surface area (Å²) in [5.74, 6) is 0.816. The monoisotopic (exact) mass is 270 g/mol. The van der Waals surface area contributed by atoms with Crippen LogP contribution in [0, 0.1) is 0 Å². The molecule has 0 saturated carbocycles. The Morgan fingerprint density at radius 1 is 1.15 bits per heavy atom. The average molecular weight is 270 g/mol. The van der Waals surface area contributed by atoms with E-state index in [1.807, 2.05) is 43.3 Å². The third-order valence-electron chi connectivity index (χ3n) is 3.05. The number of pyridine rings is 1. The second kappa shape index (κ2) is 7.28. The number of ether oxygens (including phenoxy) is 1. The van der Waals surface area contributed by atoms with Crippen LogP contribution in [-0.2, 0) is 6.42 Å². The van der Waals surface area contributed by atoms with Crippen molar-refractivity contribution in [3.63, 3.8) is 0 Å². The lowest BCUT2D eigenvalue weighted by atomic mass is 10.1. The molecule has 0 spiro atoms. The van der Waals surface area contributed by atoms with Crippen LogP contribution >= 0.6 is 0 Å². The van der Waals surface area contributed by atoms with Gasteiger partial charge in [-0.1, -0.05) is 12.1 Å². The minimum absolute atomic E-state index is 0.623. The van der Waals surface area contributed by atoms with E-state index in [9.17, 15) is 0 Å². The molecule has 4 heteroatoms. The molecule has 0 aliphatic rings. The van der Waals surface area contributed by atoms with Gasteiger partial charge in [-0.25, -0.2) is 0 Å². The Labute approximate surface area is 118 Å². The molecule has 20 heavy (non-hydrogen) atoms. The zero-order chi connectivity index (χ0) is 14.2. The molecule has 0 fully saturated rings. The van der Waals surface area contributed by atoms with Crippen LogP contribution < -0.4 is 4.74 Å². The zero-order valence-electron chi connectivity index (χ0n) is 11.5. The number of hydrogen-bond donors (Lipinski definition) is 1. The fourth-order valence-electron chi connectivity index (χ4n) is 1.91. The molecule has 0 aliphatic heterocycles. The highest BCUT2D eigenvalue weighted by Crippen LogP contribution is 2.14. The third-order valence-corrected chi connectivity index (χ3v) is 3.05. The van der Waals surface area contributed by atoms with Gasteiger partial charge in [0.2, 0.25) is 0 Å². The summed E-state index contributed by atoms with van der Waals surface area (Å²) in [6.45, 7) is 2.58. The first-order chi connectivity index (χ1) is 9.83. The highest BCUT2D eigenvalue weighted by molar-refractivity contribution is 6.00. The number of rotatable bonds is 6. The molecule has 0 saturated heterocycles. The molecule has 0 unspecified atom stereocenters. The van der Waals surface area contributed by atoms with E-state index in [0.29, 0.717) is 18.7 Å². The predicted octanol–water partition coefficient (Wildman–Crippen LogP) is 3.29. The Bertz CT molecular complexity index is 550. The normalized spacial score (nSPS) is 11.3. The molecule has 0 bridgehead atoms. The van der Waals surface area contributed by atoms with E-state index in [-0.39, 0.29) is 0 Å². The van der Waals surface area contributed by atoms with E-state index >= 15 is 0 Å². The van der Waals surface area contributed by atoms with Gasteiger partial charge in [0, 0.05) is 18.8 Å². The van der Waals surface area contributed by atoms with Gasteiger partial charge in [-0.05, 0) is 53.9 Å². The molecule has 1 heterocycles. The van der Waals surface area contributed by atoms with Gasteiger partial charge in [-0.15, -0.1) is 0 Å². The molecule has 4 nitrogen and oxygen atoms in total. The van der Waals surface area contributed by atoms with Crippen LogP contribution in [0.4, 0.5) is 0 Å². The van der Waals surface area contributed by atoms with Gasteiger partial charge in [-0.2, -0.15) is 0 Å². The Hall–Kier alpha value is -2.36. The maximum atomic E-state index is 8.87. The van der Waals surface area contributed by atoms with Crippen LogP contribution in [0.5, 0.6) is 5.75 Å².